The van der Waals surface area contributed by atoms with Crippen LogP contribution in [-0.4, -0.2) is 28.0 Å². The molecule has 2 aliphatic heterocycles. The smallest absolute Gasteiger partial charge is 0.252 e. The molecule has 0 spiro atoms. The zero-order valence-corrected chi connectivity index (χ0v) is 33.1. The maximum absolute atomic E-state index is 15.9. The first-order chi connectivity index (χ1) is 22.3. The number of thiophene rings is 1. The molecule has 5 aromatic rings. The number of halogens is 4. The van der Waals surface area contributed by atoms with E-state index in [4.69, 9.17) is 0 Å². The summed E-state index contributed by atoms with van der Waals surface area (Å²) in [5.41, 5.74) is 2.17. The molecular formula is C33H17Br4O6PS3. The number of benzene rings is 4. The second-order valence-corrected chi connectivity index (χ2v) is 20.1. The van der Waals surface area contributed by atoms with Crippen molar-refractivity contribution in [2.24, 2.45) is 0 Å². The lowest BCUT2D eigenvalue weighted by molar-refractivity contribution is 0.462. The molecular weight excluding hydrogens is 939 g/mol. The lowest BCUT2D eigenvalue weighted by atomic mass is 10.0. The van der Waals surface area contributed by atoms with Crippen LogP contribution in [0.15, 0.2) is 124 Å². The normalized spacial score (nSPS) is 17.3. The number of rotatable bonds is 5. The Morgan fingerprint density at radius 3 is 1.91 bits per heavy atom. The highest BCUT2D eigenvalue weighted by Crippen LogP contribution is 2.64. The minimum absolute atomic E-state index is 0.0362. The maximum Gasteiger partial charge on any atom is 0.252 e. The van der Waals surface area contributed by atoms with Crippen LogP contribution in [0.2, 0.25) is 0 Å². The van der Waals surface area contributed by atoms with E-state index in [-0.39, 0.29) is 22.0 Å². The van der Waals surface area contributed by atoms with Gasteiger partial charge in [0.15, 0.2) is 7.14 Å². The Balaban J connectivity index is 1.61. The fourth-order valence-electron chi connectivity index (χ4n) is 5.57. The van der Waals surface area contributed by atoms with Crippen LogP contribution >= 0.6 is 82.2 Å². The molecule has 0 amide bonds. The van der Waals surface area contributed by atoms with Crippen LogP contribution in [0.4, 0.5) is 0 Å². The molecule has 0 radical (unpaired) electrons. The summed E-state index contributed by atoms with van der Waals surface area (Å²) in [6.07, 6.45) is 1.86. The minimum atomic E-state index is -4.90. The summed E-state index contributed by atoms with van der Waals surface area (Å²) in [6.45, 7) is 0. The molecule has 6 nitrogen and oxygen atoms in total. The van der Waals surface area contributed by atoms with Crippen LogP contribution in [0.1, 0.15) is 16.0 Å². The van der Waals surface area contributed by atoms with E-state index in [1.54, 1.807) is 36.4 Å². The molecule has 0 saturated heterocycles. The van der Waals surface area contributed by atoms with Crippen molar-refractivity contribution in [3.63, 3.8) is 0 Å². The number of hydrogen-bond acceptors (Lipinski definition) is 7. The highest BCUT2D eigenvalue weighted by atomic mass is 79.9. The van der Waals surface area contributed by atoms with Gasteiger partial charge in [-0.3, -0.25) is 0 Å². The van der Waals surface area contributed by atoms with Gasteiger partial charge in [-0.25, -0.2) is 8.42 Å². The van der Waals surface area contributed by atoms with Gasteiger partial charge < -0.3 is 19.3 Å². The van der Waals surface area contributed by atoms with E-state index in [2.05, 4.69) is 63.7 Å². The van der Waals surface area contributed by atoms with E-state index in [1.807, 2.05) is 42.5 Å². The fraction of sp³-hybridized carbons (Fsp3) is 0. The van der Waals surface area contributed by atoms with Crippen molar-refractivity contribution < 1.29 is 27.7 Å². The van der Waals surface area contributed by atoms with E-state index in [0.29, 0.717) is 49.2 Å². The fourth-order valence-corrected chi connectivity index (χ4v) is 15.0. The van der Waals surface area contributed by atoms with Crippen molar-refractivity contribution in [3.8, 4) is 21.9 Å². The number of hydrogen-bond donors (Lipinski definition) is 2. The molecule has 1 atom stereocenters. The molecule has 236 valence electrons. The van der Waals surface area contributed by atoms with Gasteiger partial charge >= 0.3 is 0 Å². The second-order valence-electron chi connectivity index (χ2n) is 10.5. The molecule has 0 fully saturated rings. The number of phenols is 2. The molecule has 2 aliphatic rings. The van der Waals surface area contributed by atoms with Crippen molar-refractivity contribution >= 4 is 125 Å². The van der Waals surface area contributed by atoms with Crippen LogP contribution in [0, 0.1) is 0 Å². The van der Waals surface area contributed by atoms with Gasteiger partial charge in [0.05, 0.1) is 38.6 Å². The number of allylic oxidation sites excluding steroid dienone is 2. The van der Waals surface area contributed by atoms with Crippen molar-refractivity contribution in [3.05, 3.63) is 135 Å². The Bertz CT molecular complexity index is 2390. The third-order valence-electron chi connectivity index (χ3n) is 7.71. The summed E-state index contributed by atoms with van der Waals surface area (Å²) < 4.78 is 55.7. The molecule has 0 bridgehead atoms. The Labute approximate surface area is 311 Å². The Morgan fingerprint density at radius 2 is 1.32 bits per heavy atom. The Kier molecular flexibility index (Phi) is 8.71. The average Bonchev–Trinajstić information content (AvgIpc) is 3.69. The van der Waals surface area contributed by atoms with Gasteiger partial charge in [0.25, 0.3) is 4.91 Å². The van der Waals surface area contributed by atoms with Gasteiger partial charge in [0.2, 0.25) is 16.2 Å². The summed E-state index contributed by atoms with van der Waals surface area (Å²) in [4.78, 5) is 2.25. The number of phenolic OH excluding ortho intramolecular Hbond substituents is 2. The molecule has 14 heteroatoms. The lowest BCUT2D eigenvalue weighted by Crippen LogP contribution is -2.23. The van der Waals surface area contributed by atoms with Crippen molar-refractivity contribution in [2.45, 2.75) is 4.90 Å². The molecule has 3 heterocycles. The van der Waals surface area contributed by atoms with Crippen LogP contribution in [0.5, 0.6) is 11.5 Å². The van der Waals surface area contributed by atoms with Gasteiger partial charge in [-0.15, -0.1) is 11.3 Å². The second kappa shape index (κ2) is 12.3. The summed E-state index contributed by atoms with van der Waals surface area (Å²) in [5, 5.41) is 22.4. The summed E-state index contributed by atoms with van der Waals surface area (Å²) in [5.74, 6) is 0.0724. The van der Waals surface area contributed by atoms with Gasteiger partial charge in [0.1, 0.15) is 21.6 Å². The molecule has 1 unspecified atom stereocenters. The quantitative estimate of drug-likeness (QED) is 0.0787. The first-order valence-electron chi connectivity index (χ1n) is 13.5. The SMILES string of the molecule is O=P1(c2ccccc2)C2=CC(c3cc(Br)c(O)c(Br)c3)=[S+]C2=C(c2ccccc2S(=O)(=O)[O-])c2sc(-c3cc(Br)c(O)c(Br)c3)cc21. The minimum Gasteiger partial charge on any atom is -0.744 e. The molecule has 4 aromatic carbocycles. The van der Waals surface area contributed by atoms with Crippen molar-refractivity contribution in [1.29, 1.82) is 0 Å². The first kappa shape index (κ1) is 33.3. The zero-order valence-electron chi connectivity index (χ0n) is 23.4. The highest BCUT2D eigenvalue weighted by molar-refractivity contribution is 9.11. The molecule has 0 aliphatic carbocycles. The average molecular weight is 956 g/mol. The monoisotopic (exact) mass is 952 g/mol. The summed E-state index contributed by atoms with van der Waals surface area (Å²) >= 11 is 16.3. The van der Waals surface area contributed by atoms with Gasteiger partial charge in [-0.1, -0.05) is 48.5 Å². The topological polar surface area (TPSA) is 115 Å². The molecule has 0 saturated carbocycles. The number of aromatic hydroxyl groups is 2. The molecule has 2 N–H and O–H groups in total. The third-order valence-corrected chi connectivity index (χ3v) is 16.8. The van der Waals surface area contributed by atoms with Crippen LogP contribution < -0.4 is 10.6 Å². The van der Waals surface area contributed by atoms with Crippen LogP contribution in [0.25, 0.3) is 16.0 Å². The standard InChI is InChI=1S/C33H17Br4O6PS3/c34-20-10-16(11-21(35)30(20)38)26-14-24-32(45-26)29(19-8-4-5-9-28(19)47(41,42)43)33-25(44(24,40)18-6-2-1-3-7-18)15-27(46-33)17-12-22(36)31(39)23(37)13-17/h1-15H,(H2-,38,39,40,41,42,43). The van der Waals surface area contributed by atoms with Gasteiger partial charge in [-0.05, 0) is 106 Å². The summed E-state index contributed by atoms with van der Waals surface area (Å²) in [6, 6.07) is 24.1. The Hall–Kier alpha value is -2.19. The van der Waals surface area contributed by atoms with Crippen molar-refractivity contribution in [1.82, 2.24) is 0 Å². The van der Waals surface area contributed by atoms with E-state index in [0.717, 1.165) is 20.9 Å². The maximum atomic E-state index is 15.9. The van der Waals surface area contributed by atoms with E-state index in [1.165, 1.54) is 34.8 Å². The predicted molar refractivity (Wildman–Crippen MR) is 204 cm³/mol. The third kappa shape index (κ3) is 5.61. The van der Waals surface area contributed by atoms with Crippen LogP contribution in [-0.2, 0) is 26.0 Å². The van der Waals surface area contributed by atoms with E-state index >= 15 is 4.57 Å². The van der Waals surface area contributed by atoms with Crippen molar-refractivity contribution in [2.75, 3.05) is 0 Å². The highest BCUT2D eigenvalue weighted by Gasteiger charge is 2.51. The van der Waals surface area contributed by atoms with Gasteiger partial charge in [0, 0.05) is 32.7 Å². The zero-order chi connectivity index (χ0) is 33.4. The molecule has 7 rings (SSSR count). The lowest BCUT2D eigenvalue weighted by Gasteiger charge is -2.26. The van der Waals surface area contributed by atoms with Gasteiger partial charge in [-0.2, -0.15) is 0 Å². The van der Waals surface area contributed by atoms with Crippen LogP contribution in [0.3, 0.4) is 0 Å². The number of fused-ring (bicyclic) bond motifs is 2. The van der Waals surface area contributed by atoms with E-state index in [9.17, 15) is 23.2 Å². The largest absolute Gasteiger partial charge is 0.744 e. The summed E-state index contributed by atoms with van der Waals surface area (Å²) in [7, 11) is -8.50. The first-order valence-corrected chi connectivity index (χ1v) is 21.4. The molecule has 1 aromatic heterocycles. The predicted octanol–water partition coefficient (Wildman–Crippen LogP) is 9.07. The Morgan fingerprint density at radius 1 is 0.766 bits per heavy atom. The van der Waals surface area contributed by atoms with E-state index < -0.39 is 17.3 Å². The molecule has 47 heavy (non-hydrogen) atoms.